The zero-order valence-corrected chi connectivity index (χ0v) is 15.7. The molecule has 0 radical (unpaired) electrons. The number of amides is 3. The summed E-state index contributed by atoms with van der Waals surface area (Å²) >= 11 is 0. The number of hydrogen-bond donors (Lipinski definition) is 2. The Kier molecular flexibility index (Phi) is 5.68. The van der Waals surface area contributed by atoms with Gasteiger partial charge in [0.1, 0.15) is 0 Å². The van der Waals surface area contributed by atoms with Gasteiger partial charge in [-0.15, -0.1) is 0 Å². The van der Waals surface area contributed by atoms with Crippen LogP contribution in [0.3, 0.4) is 0 Å². The number of hydrogen-bond acceptors (Lipinski definition) is 6. The van der Waals surface area contributed by atoms with Crippen LogP contribution in [0.25, 0.3) is 16.5 Å². The normalized spacial score (nSPS) is 11.5. The van der Waals surface area contributed by atoms with Crippen molar-refractivity contribution in [2.24, 2.45) is 0 Å². The summed E-state index contributed by atoms with van der Waals surface area (Å²) in [5.74, 6) is -1.69. The van der Waals surface area contributed by atoms with Gasteiger partial charge in [0.2, 0.25) is 0 Å². The SMILES string of the molecule is CNC(=O)NC(=O)[C@H](C)OC(=O)c1nn(-c2ccccc2)c(=O)c2ccccc12. The van der Waals surface area contributed by atoms with Crippen molar-refractivity contribution >= 4 is 28.7 Å². The molecular weight excluding hydrogens is 376 g/mol. The molecule has 3 amide bonds. The van der Waals surface area contributed by atoms with Crippen LogP contribution in [0.2, 0.25) is 0 Å². The first kappa shape index (κ1) is 19.7. The van der Waals surface area contributed by atoms with Gasteiger partial charge in [-0.1, -0.05) is 36.4 Å². The predicted octanol–water partition coefficient (Wildman–Crippen LogP) is 1.39. The molecule has 0 aliphatic heterocycles. The van der Waals surface area contributed by atoms with Gasteiger partial charge in [0.05, 0.1) is 11.1 Å². The van der Waals surface area contributed by atoms with Crippen molar-refractivity contribution in [3.05, 3.63) is 70.6 Å². The number of carbonyl (C=O) groups excluding carboxylic acids is 3. The van der Waals surface area contributed by atoms with Gasteiger partial charge in [0, 0.05) is 12.4 Å². The molecule has 0 spiro atoms. The van der Waals surface area contributed by atoms with Crippen molar-refractivity contribution in [2.75, 3.05) is 7.05 Å². The highest BCUT2D eigenvalue weighted by Crippen LogP contribution is 2.16. The quantitative estimate of drug-likeness (QED) is 0.646. The molecule has 0 saturated carbocycles. The van der Waals surface area contributed by atoms with Crippen LogP contribution in [0.1, 0.15) is 17.4 Å². The summed E-state index contributed by atoms with van der Waals surface area (Å²) in [5, 5.41) is 9.01. The third-order valence-corrected chi connectivity index (χ3v) is 4.12. The molecule has 1 atom stereocenters. The fraction of sp³-hybridized carbons (Fsp3) is 0.150. The molecule has 1 heterocycles. The molecule has 0 bridgehead atoms. The van der Waals surface area contributed by atoms with E-state index in [1.54, 1.807) is 54.6 Å². The summed E-state index contributed by atoms with van der Waals surface area (Å²) in [7, 11) is 1.35. The van der Waals surface area contributed by atoms with Crippen molar-refractivity contribution in [1.82, 2.24) is 20.4 Å². The number of urea groups is 1. The molecule has 0 unspecified atom stereocenters. The Morgan fingerprint density at radius 2 is 1.62 bits per heavy atom. The summed E-state index contributed by atoms with van der Waals surface area (Å²) in [4.78, 5) is 48.8. The van der Waals surface area contributed by atoms with E-state index in [0.717, 1.165) is 4.68 Å². The highest BCUT2D eigenvalue weighted by Gasteiger charge is 2.24. The molecular formula is C20H18N4O5. The average molecular weight is 394 g/mol. The Hall–Kier alpha value is -4.01. The van der Waals surface area contributed by atoms with Crippen LogP contribution in [0.15, 0.2) is 59.4 Å². The number of rotatable bonds is 4. The second-order valence-electron chi connectivity index (χ2n) is 6.06. The predicted molar refractivity (Wildman–Crippen MR) is 105 cm³/mol. The number of para-hydroxylation sites is 1. The molecule has 0 aliphatic carbocycles. The van der Waals surface area contributed by atoms with E-state index in [-0.39, 0.29) is 11.1 Å². The lowest BCUT2D eigenvalue weighted by molar-refractivity contribution is -0.127. The first-order valence-electron chi connectivity index (χ1n) is 8.73. The number of imide groups is 1. The smallest absolute Gasteiger partial charge is 0.360 e. The minimum atomic E-state index is -1.25. The molecule has 2 N–H and O–H groups in total. The minimum absolute atomic E-state index is 0.122. The zero-order valence-electron chi connectivity index (χ0n) is 15.7. The van der Waals surface area contributed by atoms with Crippen molar-refractivity contribution in [1.29, 1.82) is 0 Å². The largest absolute Gasteiger partial charge is 0.448 e. The van der Waals surface area contributed by atoms with E-state index in [4.69, 9.17) is 4.74 Å². The number of carbonyl (C=O) groups is 3. The van der Waals surface area contributed by atoms with E-state index in [1.807, 2.05) is 5.32 Å². The van der Waals surface area contributed by atoms with Gasteiger partial charge in [-0.2, -0.15) is 9.78 Å². The van der Waals surface area contributed by atoms with Crippen LogP contribution < -0.4 is 16.2 Å². The van der Waals surface area contributed by atoms with Gasteiger partial charge in [-0.05, 0) is 25.1 Å². The Labute approximate surface area is 165 Å². The number of nitrogens with zero attached hydrogens (tertiary/aromatic N) is 2. The maximum absolute atomic E-state index is 12.8. The highest BCUT2D eigenvalue weighted by atomic mass is 16.5. The molecule has 29 heavy (non-hydrogen) atoms. The summed E-state index contributed by atoms with van der Waals surface area (Å²) in [6, 6.07) is 14.4. The summed E-state index contributed by atoms with van der Waals surface area (Å²) in [5.41, 5.74) is -0.0416. The minimum Gasteiger partial charge on any atom is -0.448 e. The van der Waals surface area contributed by atoms with E-state index >= 15 is 0 Å². The number of nitrogens with one attached hydrogen (secondary N) is 2. The Balaban J connectivity index is 2.01. The van der Waals surface area contributed by atoms with Gasteiger partial charge in [-0.3, -0.25) is 14.9 Å². The standard InChI is InChI=1S/C20H18N4O5/c1-12(17(25)22-20(28)21-2)29-19(27)16-14-10-6-7-11-15(14)18(26)24(23-16)13-8-4-3-5-9-13/h3-12H,1-2H3,(H2,21,22,25,28)/t12-/m0/s1. The number of fused-ring (bicyclic) bond motifs is 1. The van der Waals surface area contributed by atoms with E-state index in [2.05, 4.69) is 10.4 Å². The molecule has 1 aromatic heterocycles. The molecule has 2 aromatic carbocycles. The molecule has 148 valence electrons. The molecule has 0 saturated heterocycles. The summed E-state index contributed by atoms with van der Waals surface area (Å²) < 4.78 is 6.28. The van der Waals surface area contributed by atoms with Crippen LogP contribution in [0.5, 0.6) is 0 Å². The first-order valence-corrected chi connectivity index (χ1v) is 8.73. The Morgan fingerprint density at radius 1 is 1.00 bits per heavy atom. The topological polar surface area (TPSA) is 119 Å². The molecule has 3 rings (SSSR count). The van der Waals surface area contributed by atoms with Gasteiger partial charge in [-0.25, -0.2) is 9.59 Å². The van der Waals surface area contributed by atoms with Crippen LogP contribution in [-0.2, 0) is 9.53 Å². The second kappa shape index (κ2) is 8.34. The maximum atomic E-state index is 12.8. The molecule has 9 nitrogen and oxygen atoms in total. The van der Waals surface area contributed by atoms with E-state index in [0.29, 0.717) is 11.1 Å². The number of benzene rings is 2. The Bertz CT molecular complexity index is 1140. The lowest BCUT2D eigenvalue weighted by Gasteiger charge is -2.14. The number of ether oxygens (including phenoxy) is 1. The van der Waals surface area contributed by atoms with Crippen LogP contribution in [0.4, 0.5) is 4.79 Å². The van der Waals surface area contributed by atoms with E-state index < -0.39 is 29.6 Å². The number of esters is 1. The summed E-state index contributed by atoms with van der Waals surface area (Å²) in [6.07, 6.45) is -1.25. The summed E-state index contributed by atoms with van der Waals surface area (Å²) in [6.45, 7) is 1.32. The second-order valence-corrected chi connectivity index (χ2v) is 6.06. The first-order chi connectivity index (χ1) is 13.9. The van der Waals surface area contributed by atoms with Crippen molar-refractivity contribution in [2.45, 2.75) is 13.0 Å². The third kappa shape index (κ3) is 4.13. The fourth-order valence-corrected chi connectivity index (χ4v) is 2.63. The van der Waals surface area contributed by atoms with Gasteiger partial charge < -0.3 is 10.1 Å². The van der Waals surface area contributed by atoms with Crippen molar-refractivity contribution < 1.29 is 19.1 Å². The van der Waals surface area contributed by atoms with E-state index in [9.17, 15) is 19.2 Å². The molecule has 3 aromatic rings. The zero-order chi connectivity index (χ0) is 21.0. The van der Waals surface area contributed by atoms with Gasteiger partial charge in [0.15, 0.2) is 11.8 Å². The van der Waals surface area contributed by atoms with Crippen LogP contribution in [0, 0.1) is 0 Å². The van der Waals surface area contributed by atoms with Crippen molar-refractivity contribution in [3.8, 4) is 5.69 Å². The molecule has 0 aliphatic rings. The molecule has 9 heteroatoms. The highest BCUT2D eigenvalue weighted by molar-refractivity contribution is 6.03. The van der Waals surface area contributed by atoms with E-state index in [1.165, 1.54) is 14.0 Å². The Morgan fingerprint density at radius 3 is 2.28 bits per heavy atom. The molecule has 0 fully saturated rings. The maximum Gasteiger partial charge on any atom is 0.360 e. The third-order valence-electron chi connectivity index (χ3n) is 4.12. The lowest BCUT2D eigenvalue weighted by Crippen LogP contribution is -2.43. The average Bonchev–Trinajstić information content (AvgIpc) is 2.74. The van der Waals surface area contributed by atoms with Crippen LogP contribution in [-0.4, -0.2) is 40.8 Å². The fourth-order valence-electron chi connectivity index (χ4n) is 2.63. The number of aromatic nitrogens is 2. The van der Waals surface area contributed by atoms with Gasteiger partial charge in [0.25, 0.3) is 11.5 Å². The lowest BCUT2D eigenvalue weighted by atomic mass is 10.1. The van der Waals surface area contributed by atoms with Crippen LogP contribution >= 0.6 is 0 Å². The van der Waals surface area contributed by atoms with Crippen molar-refractivity contribution in [3.63, 3.8) is 0 Å². The van der Waals surface area contributed by atoms with Gasteiger partial charge >= 0.3 is 12.0 Å². The monoisotopic (exact) mass is 394 g/mol.